The van der Waals surface area contributed by atoms with Crippen LogP contribution in [0.25, 0.3) is 15.9 Å². The number of thiophene rings is 1. The molecule has 4 rings (SSSR count). The largest absolute Gasteiger partial charge is 0.497 e. The fraction of sp³-hybridized carbons (Fsp3) is 0.350. The van der Waals surface area contributed by atoms with Crippen LogP contribution < -0.4 is 10.3 Å². The molecule has 7 heteroatoms. The van der Waals surface area contributed by atoms with Crippen LogP contribution in [-0.4, -0.2) is 22.4 Å². The van der Waals surface area contributed by atoms with E-state index in [0.29, 0.717) is 16.6 Å². The Kier molecular flexibility index (Phi) is 5.19. The van der Waals surface area contributed by atoms with Gasteiger partial charge in [-0.2, -0.15) is 5.26 Å². The van der Waals surface area contributed by atoms with Gasteiger partial charge >= 0.3 is 0 Å². The van der Waals surface area contributed by atoms with Crippen molar-refractivity contribution in [2.75, 3.05) is 12.9 Å². The molecular weight excluding hydrogens is 378 g/mol. The molecule has 0 saturated carbocycles. The van der Waals surface area contributed by atoms with E-state index in [0.717, 1.165) is 29.5 Å². The predicted molar refractivity (Wildman–Crippen MR) is 109 cm³/mol. The minimum Gasteiger partial charge on any atom is -0.497 e. The molecule has 5 nitrogen and oxygen atoms in total. The van der Waals surface area contributed by atoms with Crippen LogP contribution in [0.15, 0.2) is 34.2 Å². The number of benzene rings is 1. The summed E-state index contributed by atoms with van der Waals surface area (Å²) in [6, 6.07) is 9.54. The minimum atomic E-state index is -0.0481. The highest BCUT2D eigenvalue weighted by Crippen LogP contribution is 2.34. The molecule has 2 aromatic heterocycles. The van der Waals surface area contributed by atoms with Crippen molar-refractivity contribution in [1.29, 1.82) is 5.26 Å². The summed E-state index contributed by atoms with van der Waals surface area (Å²) in [5, 5.41) is 10.3. The number of aryl methyl sites for hydroxylation is 2. The zero-order valence-electron chi connectivity index (χ0n) is 15.0. The lowest BCUT2D eigenvalue weighted by Crippen LogP contribution is -2.22. The van der Waals surface area contributed by atoms with E-state index < -0.39 is 0 Å². The van der Waals surface area contributed by atoms with Gasteiger partial charge in [0, 0.05) is 10.9 Å². The van der Waals surface area contributed by atoms with Gasteiger partial charge in [-0.15, -0.1) is 11.3 Å². The standard InChI is InChI=1S/C20H19N3O2S2/c1-25-14-7-5-6-13(12-14)23-19(24)17-15-8-3-2-4-9-16(15)27-18(17)22-20(23)26-11-10-21/h5-7,12H,2-4,8-9,11H2,1H3. The number of nitrogens with zero attached hydrogens (tertiary/aromatic N) is 3. The normalized spacial score (nSPS) is 13.8. The molecule has 1 aliphatic carbocycles. The molecule has 2 heterocycles. The summed E-state index contributed by atoms with van der Waals surface area (Å²) in [7, 11) is 1.60. The van der Waals surface area contributed by atoms with Gasteiger partial charge in [0.25, 0.3) is 5.56 Å². The monoisotopic (exact) mass is 397 g/mol. The Morgan fingerprint density at radius 2 is 2.19 bits per heavy atom. The van der Waals surface area contributed by atoms with Gasteiger partial charge in [0.1, 0.15) is 10.6 Å². The first-order valence-corrected chi connectivity index (χ1v) is 10.7. The molecule has 0 aliphatic heterocycles. The van der Waals surface area contributed by atoms with E-state index in [2.05, 4.69) is 6.07 Å². The maximum Gasteiger partial charge on any atom is 0.267 e. The number of fused-ring (bicyclic) bond motifs is 3. The molecule has 0 N–H and O–H groups in total. The lowest BCUT2D eigenvalue weighted by molar-refractivity contribution is 0.414. The van der Waals surface area contributed by atoms with E-state index in [-0.39, 0.29) is 11.3 Å². The Morgan fingerprint density at radius 3 is 3.00 bits per heavy atom. The minimum absolute atomic E-state index is 0.0481. The fourth-order valence-electron chi connectivity index (χ4n) is 3.53. The van der Waals surface area contributed by atoms with Gasteiger partial charge in [0.2, 0.25) is 0 Å². The molecule has 1 aliphatic rings. The second kappa shape index (κ2) is 7.75. The quantitative estimate of drug-likeness (QED) is 0.372. The van der Waals surface area contributed by atoms with Crippen LogP contribution in [0.1, 0.15) is 29.7 Å². The third-order valence-electron chi connectivity index (χ3n) is 4.79. The zero-order chi connectivity index (χ0) is 18.8. The number of rotatable bonds is 4. The number of thioether (sulfide) groups is 1. The molecule has 0 spiro atoms. The van der Waals surface area contributed by atoms with Crippen molar-refractivity contribution < 1.29 is 4.74 Å². The smallest absolute Gasteiger partial charge is 0.267 e. The Bertz CT molecular complexity index is 1100. The number of aromatic nitrogens is 2. The Morgan fingerprint density at radius 1 is 1.33 bits per heavy atom. The first-order valence-electron chi connectivity index (χ1n) is 8.94. The van der Waals surface area contributed by atoms with Gasteiger partial charge < -0.3 is 4.74 Å². The lowest BCUT2D eigenvalue weighted by atomic mass is 10.1. The average molecular weight is 398 g/mol. The molecule has 0 saturated heterocycles. The SMILES string of the molecule is COc1cccc(-n2c(SCC#N)nc3sc4c(c3c2=O)CCCCC4)c1. The van der Waals surface area contributed by atoms with Gasteiger partial charge in [-0.1, -0.05) is 24.2 Å². The van der Waals surface area contributed by atoms with Crippen LogP contribution in [0.3, 0.4) is 0 Å². The van der Waals surface area contributed by atoms with Crippen molar-refractivity contribution >= 4 is 33.3 Å². The summed E-state index contributed by atoms with van der Waals surface area (Å²) < 4.78 is 6.95. The van der Waals surface area contributed by atoms with E-state index in [1.54, 1.807) is 23.0 Å². The van der Waals surface area contributed by atoms with E-state index in [9.17, 15) is 4.79 Å². The molecule has 27 heavy (non-hydrogen) atoms. The molecule has 0 fully saturated rings. The van der Waals surface area contributed by atoms with E-state index >= 15 is 0 Å². The van der Waals surface area contributed by atoms with Crippen molar-refractivity contribution in [2.45, 2.75) is 37.3 Å². The highest BCUT2D eigenvalue weighted by Gasteiger charge is 2.22. The summed E-state index contributed by atoms with van der Waals surface area (Å²) >= 11 is 2.93. The van der Waals surface area contributed by atoms with Crippen LogP contribution in [0, 0.1) is 11.3 Å². The third-order valence-corrected chi connectivity index (χ3v) is 6.78. The van der Waals surface area contributed by atoms with Gasteiger partial charge in [-0.05, 0) is 43.4 Å². The van der Waals surface area contributed by atoms with Crippen molar-refractivity contribution in [2.24, 2.45) is 0 Å². The highest BCUT2D eigenvalue weighted by molar-refractivity contribution is 7.99. The van der Waals surface area contributed by atoms with Gasteiger partial charge in [-0.25, -0.2) is 4.98 Å². The summed E-state index contributed by atoms with van der Waals surface area (Å²) in [5.41, 5.74) is 1.84. The van der Waals surface area contributed by atoms with Gasteiger partial charge in [0.15, 0.2) is 5.16 Å². The van der Waals surface area contributed by atoms with E-state index in [1.165, 1.54) is 35.0 Å². The number of methoxy groups -OCH3 is 1. The summed E-state index contributed by atoms with van der Waals surface area (Å²) in [6.07, 6.45) is 5.45. The van der Waals surface area contributed by atoms with Gasteiger partial charge in [0.05, 0.1) is 30.0 Å². The highest BCUT2D eigenvalue weighted by atomic mass is 32.2. The van der Waals surface area contributed by atoms with Crippen LogP contribution in [0.2, 0.25) is 0 Å². The van der Waals surface area contributed by atoms with Crippen molar-refractivity contribution in [1.82, 2.24) is 9.55 Å². The van der Waals surface area contributed by atoms with Crippen molar-refractivity contribution in [3.05, 3.63) is 45.1 Å². The molecule has 3 aromatic rings. The first-order chi connectivity index (χ1) is 13.2. The number of ether oxygens (including phenoxy) is 1. The van der Waals surface area contributed by atoms with Gasteiger partial charge in [-0.3, -0.25) is 9.36 Å². The molecule has 0 amide bonds. The molecule has 0 atom stereocenters. The Hall–Kier alpha value is -2.30. The van der Waals surface area contributed by atoms with Crippen molar-refractivity contribution in [3.8, 4) is 17.5 Å². The third kappa shape index (κ3) is 3.35. The van der Waals surface area contributed by atoms with Crippen LogP contribution in [0.4, 0.5) is 0 Å². The van der Waals surface area contributed by atoms with Crippen LogP contribution >= 0.6 is 23.1 Å². The number of nitriles is 1. The fourth-order valence-corrected chi connectivity index (χ4v) is 5.51. The predicted octanol–water partition coefficient (Wildman–Crippen LogP) is 4.34. The van der Waals surface area contributed by atoms with Crippen LogP contribution in [0.5, 0.6) is 5.75 Å². The van der Waals surface area contributed by atoms with Crippen LogP contribution in [-0.2, 0) is 12.8 Å². The Labute approximate surface area is 165 Å². The summed E-state index contributed by atoms with van der Waals surface area (Å²) in [5.74, 6) is 0.924. The maximum absolute atomic E-state index is 13.6. The second-order valence-electron chi connectivity index (χ2n) is 6.43. The Balaban J connectivity index is 1.99. The number of hydrogen-bond acceptors (Lipinski definition) is 6. The van der Waals surface area contributed by atoms with Crippen molar-refractivity contribution in [3.63, 3.8) is 0 Å². The summed E-state index contributed by atoms with van der Waals surface area (Å²) in [6.45, 7) is 0. The molecule has 1 aromatic carbocycles. The second-order valence-corrected chi connectivity index (χ2v) is 8.45. The van der Waals surface area contributed by atoms with E-state index in [1.807, 2.05) is 24.3 Å². The molecule has 0 unspecified atom stereocenters. The zero-order valence-corrected chi connectivity index (χ0v) is 16.7. The topological polar surface area (TPSA) is 67.9 Å². The van der Waals surface area contributed by atoms with E-state index in [4.69, 9.17) is 15.0 Å². The lowest BCUT2D eigenvalue weighted by Gasteiger charge is -2.12. The number of hydrogen-bond donors (Lipinski definition) is 0. The maximum atomic E-state index is 13.6. The molecule has 0 bridgehead atoms. The first kappa shape index (κ1) is 18.1. The summed E-state index contributed by atoms with van der Waals surface area (Å²) in [4.78, 5) is 20.4. The molecular formula is C20H19N3O2S2. The molecule has 0 radical (unpaired) electrons. The average Bonchev–Trinajstić information content (AvgIpc) is 2.87. The molecule has 138 valence electrons.